The zero-order valence-electron chi connectivity index (χ0n) is 4.02. The number of carbonyl (C=O) groups is 1. The predicted molar refractivity (Wildman–Crippen MR) is 22.6 cm³/mol. The van der Waals surface area contributed by atoms with Crippen LogP contribution in [0.4, 0.5) is 0 Å². The first kappa shape index (κ1) is 6.47. The molecule has 0 amide bonds. The molecule has 0 fully saturated rings. The van der Waals surface area contributed by atoms with Crippen LogP contribution < -0.4 is 0 Å². The summed E-state index contributed by atoms with van der Waals surface area (Å²) in [7, 11) is 1.40. The first-order valence-corrected chi connectivity index (χ1v) is 3.29. The van der Waals surface area contributed by atoms with Crippen LogP contribution in [0.5, 0.6) is 0 Å². The van der Waals surface area contributed by atoms with Crippen molar-refractivity contribution in [3.63, 3.8) is 0 Å². The fourth-order valence-electron chi connectivity index (χ4n) is 0.144. The molecule has 0 saturated heterocycles. The molecule has 0 aromatic heterocycles. The van der Waals surface area contributed by atoms with E-state index in [1.807, 2.05) is 0 Å². The van der Waals surface area contributed by atoms with Gasteiger partial charge in [0.05, 0.1) is 0 Å². The van der Waals surface area contributed by atoms with Gasteiger partial charge in [-0.25, -0.2) is 0 Å². The summed E-state index contributed by atoms with van der Waals surface area (Å²) in [6.45, 7) is 0. The maximum absolute atomic E-state index is 9.99. The average molecular weight is 96.1 g/mol. The van der Waals surface area contributed by atoms with E-state index in [1.165, 1.54) is 7.11 Å². The van der Waals surface area contributed by atoms with E-state index in [0.717, 1.165) is 27.9 Å². The first-order valence-electron chi connectivity index (χ1n) is 1.88. The monoisotopic (exact) mass is 96.0 g/mol. The quantitative estimate of drug-likeness (QED) is 0.332. The molecule has 0 aliphatic rings. The summed E-state index contributed by atoms with van der Waals surface area (Å²) >= 11 is 0.908. The number of esters is 1. The van der Waals surface area contributed by atoms with Crippen LogP contribution in [-0.4, -0.2) is 41.0 Å². The molecule has 0 aliphatic carbocycles. The normalized spacial score (nSPS) is 7.83. The molecule has 0 bridgehead atoms. The van der Waals surface area contributed by atoms with Crippen molar-refractivity contribution in [1.82, 2.24) is 0 Å². The summed E-state index contributed by atoms with van der Waals surface area (Å²) < 4.78 is 4.90. The Kier molecular flexibility index (Phi) is 3.94. The number of rotatable bonds is 1. The molecule has 0 radical (unpaired) electrons. The molecule has 0 aliphatic heterocycles. The molecule has 0 aromatic carbocycles. The van der Waals surface area contributed by atoms with E-state index in [9.17, 15) is 4.79 Å². The van der Waals surface area contributed by atoms with Crippen LogP contribution in [0.1, 0.15) is 0 Å². The molecule has 30 valence electrons. The van der Waals surface area contributed by atoms with E-state index >= 15 is 0 Å². The third-order valence-electron chi connectivity index (χ3n) is 0.516. The van der Waals surface area contributed by atoms with Crippen LogP contribution in [0.2, 0.25) is 3.67 Å². The molecule has 0 aromatic rings. The van der Waals surface area contributed by atoms with Crippen molar-refractivity contribution in [2.24, 2.45) is 0 Å². The molecular formula is C3H5NaO2. The van der Waals surface area contributed by atoms with Gasteiger partial charge in [0.2, 0.25) is 0 Å². The average Bonchev–Trinajstić information content (AvgIpc) is 1.65. The number of ether oxygens (including phenoxy) is 1. The molecule has 3 heteroatoms. The van der Waals surface area contributed by atoms with Gasteiger partial charge in [0.25, 0.3) is 0 Å². The van der Waals surface area contributed by atoms with Crippen LogP contribution >= 0.6 is 0 Å². The van der Waals surface area contributed by atoms with Gasteiger partial charge in [0.15, 0.2) is 0 Å². The fraction of sp³-hybridized carbons (Fsp3) is 0.667. The number of hydrogen-bond acceptors (Lipinski definition) is 2. The third kappa shape index (κ3) is 2.69. The zero-order valence-corrected chi connectivity index (χ0v) is 6.02. The Morgan fingerprint density at radius 3 is 2.50 bits per heavy atom. The summed E-state index contributed by atoms with van der Waals surface area (Å²) in [5.41, 5.74) is 0. The summed E-state index contributed by atoms with van der Waals surface area (Å²) in [5, 5.41) is 0. The number of methoxy groups -OCH3 is 1. The second-order valence-corrected chi connectivity index (χ2v) is 1.64. The summed E-state index contributed by atoms with van der Waals surface area (Å²) in [4.78, 5) is 9.99. The van der Waals surface area contributed by atoms with Gasteiger partial charge < -0.3 is 0 Å². The molecular weight excluding hydrogens is 91.0 g/mol. The number of carbonyl (C=O) groups excluding carboxylic acids is 1. The standard InChI is InChI=1S/C3H5O2.Na/c1-3(4)5-2;/h1H2,2H3;. The summed E-state index contributed by atoms with van der Waals surface area (Å²) in [5.74, 6) is -0.0957. The van der Waals surface area contributed by atoms with Gasteiger partial charge in [-0.3, -0.25) is 0 Å². The second-order valence-electron chi connectivity index (χ2n) is 0.930. The van der Waals surface area contributed by atoms with E-state index < -0.39 is 0 Å². The molecule has 0 rings (SSSR count). The van der Waals surface area contributed by atoms with Crippen molar-refractivity contribution in [3.05, 3.63) is 0 Å². The third-order valence-corrected chi connectivity index (χ3v) is 1.09. The van der Waals surface area contributed by atoms with Gasteiger partial charge in [0, 0.05) is 0 Å². The van der Waals surface area contributed by atoms with Crippen molar-refractivity contribution in [1.29, 1.82) is 0 Å². The Bertz CT molecular complexity index is 46.8. The first-order chi connectivity index (χ1) is 2.81. The van der Waals surface area contributed by atoms with E-state index in [2.05, 4.69) is 4.74 Å². The molecule has 2 nitrogen and oxygen atoms in total. The molecule has 0 heterocycles. The van der Waals surface area contributed by atoms with E-state index in [0.29, 0.717) is 3.67 Å². The van der Waals surface area contributed by atoms with Gasteiger partial charge in [-0.05, 0) is 0 Å². The topological polar surface area (TPSA) is 26.3 Å². The SMILES string of the molecule is COC(=O)[CH2][Na]. The van der Waals surface area contributed by atoms with Crippen LogP contribution in [0.25, 0.3) is 0 Å². The van der Waals surface area contributed by atoms with E-state index in [4.69, 9.17) is 0 Å². The van der Waals surface area contributed by atoms with E-state index in [1.54, 1.807) is 0 Å². The van der Waals surface area contributed by atoms with Crippen molar-refractivity contribution < 1.29 is 9.53 Å². The second kappa shape index (κ2) is 3.65. The molecule has 0 unspecified atom stereocenters. The molecule has 0 spiro atoms. The minimum absolute atomic E-state index is 0.0957. The van der Waals surface area contributed by atoms with Gasteiger partial charge in [-0.15, -0.1) is 0 Å². The zero-order chi connectivity index (χ0) is 4.99. The van der Waals surface area contributed by atoms with Crippen LogP contribution in [0.3, 0.4) is 0 Å². The summed E-state index contributed by atoms with van der Waals surface area (Å²) in [6, 6.07) is 0. The van der Waals surface area contributed by atoms with Crippen LogP contribution in [0.15, 0.2) is 0 Å². The predicted octanol–water partition coefficient (Wildman–Crippen LogP) is -0.254. The van der Waals surface area contributed by atoms with E-state index in [-0.39, 0.29) is 5.97 Å². The van der Waals surface area contributed by atoms with Crippen molar-refractivity contribution in [2.75, 3.05) is 7.11 Å². The van der Waals surface area contributed by atoms with Crippen molar-refractivity contribution >= 4 is 33.9 Å². The Morgan fingerprint density at radius 2 is 2.50 bits per heavy atom. The van der Waals surface area contributed by atoms with Gasteiger partial charge in [-0.1, -0.05) is 0 Å². The van der Waals surface area contributed by atoms with Gasteiger partial charge in [-0.2, -0.15) is 0 Å². The van der Waals surface area contributed by atoms with Crippen molar-refractivity contribution in [3.8, 4) is 0 Å². The summed E-state index contributed by atoms with van der Waals surface area (Å²) in [6.07, 6.45) is 0. The van der Waals surface area contributed by atoms with Gasteiger partial charge >= 0.3 is 54.2 Å². The molecule has 0 saturated carbocycles. The van der Waals surface area contributed by atoms with Crippen molar-refractivity contribution in [2.45, 2.75) is 3.67 Å². The maximum atomic E-state index is 9.99. The fourth-order valence-corrected chi connectivity index (χ4v) is 0.433. The Morgan fingerprint density at radius 1 is 2.00 bits per heavy atom. The molecule has 0 atom stereocenters. The Balaban J connectivity index is 2.99. The van der Waals surface area contributed by atoms with Crippen LogP contribution in [-0.2, 0) is 9.53 Å². The number of hydrogen-bond donors (Lipinski definition) is 0. The molecule has 6 heavy (non-hydrogen) atoms. The minimum atomic E-state index is -0.0957. The Labute approximate surface area is 54.3 Å². The Hall–Kier alpha value is 0.470. The molecule has 0 N–H and O–H groups in total. The van der Waals surface area contributed by atoms with Gasteiger partial charge in [0.1, 0.15) is 0 Å². The van der Waals surface area contributed by atoms with Crippen LogP contribution in [0, 0.1) is 0 Å².